The monoisotopic (exact) mass is 408 g/mol. The van der Waals surface area contributed by atoms with Crippen molar-refractivity contribution in [2.45, 2.75) is 38.3 Å². The summed E-state index contributed by atoms with van der Waals surface area (Å²) in [7, 11) is 0. The van der Waals surface area contributed by atoms with Crippen LogP contribution >= 0.6 is 11.6 Å². The molecule has 1 aliphatic rings. The van der Waals surface area contributed by atoms with Crippen molar-refractivity contribution in [3.05, 3.63) is 47.1 Å². The van der Waals surface area contributed by atoms with E-state index in [1.165, 1.54) is 31.3 Å². The van der Waals surface area contributed by atoms with Crippen LogP contribution in [0.15, 0.2) is 30.6 Å². The van der Waals surface area contributed by atoms with E-state index in [9.17, 15) is 13.2 Å². The first-order valence-corrected chi connectivity index (χ1v) is 9.30. The Kier molecular flexibility index (Phi) is 5.05. The number of halogens is 4. The van der Waals surface area contributed by atoms with E-state index in [1.54, 1.807) is 12.1 Å². The predicted molar refractivity (Wildman–Crippen MR) is 97.3 cm³/mol. The molecular weight excluding hydrogens is 393 g/mol. The molecule has 9 heteroatoms. The minimum absolute atomic E-state index is 0.0423. The summed E-state index contributed by atoms with van der Waals surface area (Å²) in [6.45, 7) is 0. The number of rotatable bonds is 6. The van der Waals surface area contributed by atoms with Gasteiger partial charge in [0.25, 0.3) is 0 Å². The van der Waals surface area contributed by atoms with E-state index in [2.05, 4.69) is 19.9 Å². The molecule has 0 N–H and O–H groups in total. The van der Waals surface area contributed by atoms with Crippen molar-refractivity contribution in [2.75, 3.05) is 0 Å². The number of aryl methyl sites for hydroxylation is 1. The van der Waals surface area contributed by atoms with Crippen LogP contribution in [0.4, 0.5) is 13.2 Å². The van der Waals surface area contributed by atoms with Gasteiger partial charge in [-0.05, 0) is 30.9 Å². The highest BCUT2D eigenvalue weighted by atomic mass is 35.5. The van der Waals surface area contributed by atoms with E-state index in [4.69, 9.17) is 16.3 Å². The molecule has 0 saturated heterocycles. The molecule has 4 rings (SSSR count). The maximum Gasteiger partial charge on any atom is 0.451 e. The summed E-state index contributed by atoms with van der Waals surface area (Å²) in [4.78, 5) is 15.5. The number of ether oxygens (including phenoxy) is 1. The molecule has 1 fully saturated rings. The van der Waals surface area contributed by atoms with E-state index in [-0.39, 0.29) is 11.5 Å². The second-order valence-corrected chi connectivity index (χ2v) is 7.20. The van der Waals surface area contributed by atoms with Gasteiger partial charge in [0.2, 0.25) is 5.82 Å². The van der Waals surface area contributed by atoms with Crippen LogP contribution in [0.1, 0.15) is 37.2 Å². The van der Waals surface area contributed by atoms with Gasteiger partial charge >= 0.3 is 12.2 Å². The van der Waals surface area contributed by atoms with Crippen molar-refractivity contribution in [1.29, 1.82) is 0 Å². The lowest BCUT2D eigenvalue weighted by atomic mass is 10.1. The van der Waals surface area contributed by atoms with Crippen molar-refractivity contribution >= 4 is 22.5 Å². The van der Waals surface area contributed by atoms with Crippen molar-refractivity contribution in [2.24, 2.45) is 5.92 Å². The van der Waals surface area contributed by atoms with Crippen molar-refractivity contribution in [3.8, 4) is 11.8 Å². The van der Waals surface area contributed by atoms with Gasteiger partial charge in [0.15, 0.2) is 0 Å². The van der Waals surface area contributed by atoms with Crippen LogP contribution in [0, 0.1) is 5.92 Å². The highest BCUT2D eigenvalue weighted by molar-refractivity contribution is 6.30. The highest BCUT2D eigenvalue weighted by Crippen LogP contribution is 2.36. The molecule has 0 radical (unpaired) electrons. The molecule has 0 atom stereocenters. The van der Waals surface area contributed by atoms with Gasteiger partial charge in [-0.3, -0.25) is 0 Å². The summed E-state index contributed by atoms with van der Waals surface area (Å²) in [6.07, 6.45) is 2.70. The second-order valence-electron chi connectivity index (χ2n) is 6.76. The van der Waals surface area contributed by atoms with E-state index in [1.807, 2.05) is 0 Å². The summed E-state index contributed by atoms with van der Waals surface area (Å²) in [5.74, 6) is -0.135. The SMILES string of the molecule is FC(F)(F)c1nc(CCCC2CC2)c2c(Oc3ncc(Cl)cn3)cccc2n1. The van der Waals surface area contributed by atoms with Crippen LogP contribution < -0.4 is 4.74 Å². The zero-order valence-corrected chi connectivity index (χ0v) is 15.5. The predicted octanol–water partition coefficient (Wildman–Crippen LogP) is 5.62. The molecule has 2 aromatic heterocycles. The number of aromatic nitrogens is 4. The molecule has 1 aliphatic carbocycles. The molecule has 0 aliphatic heterocycles. The fraction of sp³-hybridized carbons (Fsp3) is 0.368. The van der Waals surface area contributed by atoms with Gasteiger partial charge < -0.3 is 4.74 Å². The lowest BCUT2D eigenvalue weighted by Gasteiger charge is -2.13. The zero-order chi connectivity index (χ0) is 19.7. The third kappa shape index (κ3) is 4.32. The summed E-state index contributed by atoms with van der Waals surface area (Å²) >= 11 is 5.78. The molecule has 0 bridgehead atoms. The van der Waals surface area contributed by atoms with Crippen molar-refractivity contribution < 1.29 is 17.9 Å². The van der Waals surface area contributed by atoms with Crippen molar-refractivity contribution in [1.82, 2.24) is 19.9 Å². The first kappa shape index (κ1) is 18.9. The average molecular weight is 409 g/mol. The standard InChI is InChI=1S/C19H16ClF3N4O/c20-12-9-24-18(25-10-12)28-15-6-2-5-14-16(15)13(4-1-3-11-7-8-11)26-17(27-14)19(21,22)23/h2,5-6,9-11H,1,3-4,7-8H2. The number of hydrogen-bond donors (Lipinski definition) is 0. The molecule has 0 amide bonds. The Morgan fingerprint density at radius 2 is 1.86 bits per heavy atom. The lowest BCUT2D eigenvalue weighted by molar-refractivity contribution is -0.144. The van der Waals surface area contributed by atoms with Crippen molar-refractivity contribution in [3.63, 3.8) is 0 Å². The summed E-state index contributed by atoms with van der Waals surface area (Å²) < 4.78 is 45.5. The molecule has 0 spiro atoms. The smallest absolute Gasteiger partial charge is 0.424 e. The summed E-state index contributed by atoms with van der Waals surface area (Å²) in [5.41, 5.74) is 0.498. The van der Waals surface area contributed by atoms with Gasteiger partial charge in [0.05, 0.1) is 34.0 Å². The summed E-state index contributed by atoms with van der Waals surface area (Å²) in [5, 5.41) is 0.800. The Balaban J connectivity index is 1.74. The topological polar surface area (TPSA) is 60.8 Å². The molecule has 1 saturated carbocycles. The van der Waals surface area contributed by atoms with E-state index in [0.29, 0.717) is 34.2 Å². The minimum Gasteiger partial charge on any atom is -0.424 e. The maximum absolute atomic E-state index is 13.3. The van der Waals surface area contributed by atoms with Crippen LogP contribution in [-0.2, 0) is 12.6 Å². The maximum atomic E-state index is 13.3. The normalized spacial score (nSPS) is 14.4. The number of fused-ring (bicyclic) bond motifs is 1. The molecular formula is C19H16ClF3N4O. The molecule has 1 aromatic carbocycles. The van der Waals surface area contributed by atoms with Gasteiger partial charge in [0, 0.05) is 0 Å². The van der Waals surface area contributed by atoms with Crippen LogP contribution in [0.2, 0.25) is 5.02 Å². The zero-order valence-electron chi connectivity index (χ0n) is 14.7. The Hall–Kier alpha value is -2.48. The Morgan fingerprint density at radius 3 is 2.54 bits per heavy atom. The van der Waals surface area contributed by atoms with Gasteiger partial charge in [-0.1, -0.05) is 36.9 Å². The third-order valence-corrected chi connectivity index (χ3v) is 4.73. The molecule has 5 nitrogen and oxygen atoms in total. The van der Waals surface area contributed by atoms with E-state index in [0.717, 1.165) is 12.8 Å². The molecule has 146 valence electrons. The third-order valence-electron chi connectivity index (χ3n) is 4.53. The first-order valence-electron chi connectivity index (χ1n) is 8.92. The Bertz CT molecular complexity index is 991. The van der Waals surface area contributed by atoms with Gasteiger partial charge in [0.1, 0.15) is 5.75 Å². The Morgan fingerprint density at radius 1 is 1.11 bits per heavy atom. The first-order chi connectivity index (χ1) is 13.4. The summed E-state index contributed by atoms with van der Waals surface area (Å²) in [6, 6.07) is 4.78. The van der Waals surface area contributed by atoms with Gasteiger partial charge in [-0.2, -0.15) is 13.2 Å². The van der Waals surface area contributed by atoms with Crippen LogP contribution in [-0.4, -0.2) is 19.9 Å². The number of benzene rings is 1. The second kappa shape index (κ2) is 7.50. The van der Waals surface area contributed by atoms with E-state index < -0.39 is 12.0 Å². The quantitative estimate of drug-likeness (QED) is 0.530. The number of alkyl halides is 3. The fourth-order valence-electron chi connectivity index (χ4n) is 3.03. The van der Waals surface area contributed by atoms with Crippen LogP contribution in [0.25, 0.3) is 10.9 Å². The molecule has 2 heterocycles. The fourth-order valence-corrected chi connectivity index (χ4v) is 3.13. The lowest BCUT2D eigenvalue weighted by Crippen LogP contribution is -2.13. The van der Waals surface area contributed by atoms with E-state index >= 15 is 0 Å². The number of hydrogen-bond acceptors (Lipinski definition) is 5. The molecule has 3 aromatic rings. The van der Waals surface area contributed by atoms with Gasteiger partial charge in [-0.15, -0.1) is 0 Å². The van der Waals surface area contributed by atoms with Crippen LogP contribution in [0.5, 0.6) is 11.8 Å². The number of nitrogens with zero attached hydrogens (tertiary/aromatic N) is 4. The van der Waals surface area contributed by atoms with Gasteiger partial charge in [-0.25, -0.2) is 19.9 Å². The van der Waals surface area contributed by atoms with Crippen LogP contribution in [0.3, 0.4) is 0 Å². The Labute approximate surface area is 164 Å². The average Bonchev–Trinajstić information content (AvgIpc) is 3.47. The largest absolute Gasteiger partial charge is 0.451 e. The minimum atomic E-state index is -4.62. The molecule has 0 unspecified atom stereocenters. The highest BCUT2D eigenvalue weighted by Gasteiger charge is 2.36. The molecule has 28 heavy (non-hydrogen) atoms.